The molecule has 0 aliphatic carbocycles. The highest BCUT2D eigenvalue weighted by atomic mass is 35.5. The SMILES string of the molecule is CC(C)N(C)CC(=O)Nc1ccc(N)cc1Cl. The number of carbonyl (C=O) groups is 1. The van der Waals surface area contributed by atoms with Gasteiger partial charge in [-0.15, -0.1) is 0 Å². The van der Waals surface area contributed by atoms with E-state index in [-0.39, 0.29) is 5.91 Å². The number of benzene rings is 1. The molecule has 0 fully saturated rings. The fraction of sp³-hybridized carbons (Fsp3) is 0.417. The van der Waals surface area contributed by atoms with Crippen LogP contribution in [0.2, 0.25) is 5.02 Å². The second-order valence-electron chi connectivity index (χ2n) is 4.30. The van der Waals surface area contributed by atoms with Gasteiger partial charge in [0.1, 0.15) is 0 Å². The van der Waals surface area contributed by atoms with Crippen molar-refractivity contribution in [3.05, 3.63) is 23.2 Å². The summed E-state index contributed by atoms with van der Waals surface area (Å²) in [5.74, 6) is -0.0899. The minimum Gasteiger partial charge on any atom is -0.399 e. The molecule has 0 saturated carbocycles. The summed E-state index contributed by atoms with van der Waals surface area (Å²) in [5.41, 5.74) is 6.74. The predicted octanol–water partition coefficient (Wildman–Crippen LogP) is 2.20. The zero-order chi connectivity index (χ0) is 13.0. The molecule has 0 aliphatic heterocycles. The van der Waals surface area contributed by atoms with E-state index in [0.29, 0.717) is 29.0 Å². The molecule has 1 amide bonds. The van der Waals surface area contributed by atoms with Crippen LogP contribution in [0.1, 0.15) is 13.8 Å². The Bertz CT molecular complexity index is 407. The normalized spacial score (nSPS) is 10.9. The van der Waals surface area contributed by atoms with E-state index in [4.69, 9.17) is 17.3 Å². The van der Waals surface area contributed by atoms with Crippen LogP contribution in [0, 0.1) is 0 Å². The standard InChI is InChI=1S/C12H18ClN3O/c1-8(2)16(3)7-12(17)15-11-5-4-9(14)6-10(11)13/h4-6,8H,7,14H2,1-3H3,(H,15,17). The van der Waals surface area contributed by atoms with Crippen LogP contribution in [-0.4, -0.2) is 30.4 Å². The van der Waals surface area contributed by atoms with Crippen molar-refractivity contribution in [1.82, 2.24) is 4.90 Å². The van der Waals surface area contributed by atoms with Gasteiger partial charge in [-0.1, -0.05) is 11.6 Å². The summed E-state index contributed by atoms with van der Waals surface area (Å²) < 4.78 is 0. The smallest absolute Gasteiger partial charge is 0.238 e. The highest BCUT2D eigenvalue weighted by molar-refractivity contribution is 6.34. The molecule has 94 valence electrons. The van der Waals surface area contributed by atoms with Crippen molar-refractivity contribution >= 4 is 28.9 Å². The van der Waals surface area contributed by atoms with Crippen LogP contribution in [0.5, 0.6) is 0 Å². The number of rotatable bonds is 4. The first-order valence-electron chi connectivity index (χ1n) is 5.45. The highest BCUT2D eigenvalue weighted by Gasteiger charge is 2.10. The Balaban J connectivity index is 2.62. The third-order valence-corrected chi connectivity index (χ3v) is 2.85. The monoisotopic (exact) mass is 255 g/mol. The maximum Gasteiger partial charge on any atom is 0.238 e. The number of amides is 1. The summed E-state index contributed by atoms with van der Waals surface area (Å²) in [6.45, 7) is 4.39. The van der Waals surface area contributed by atoms with Gasteiger partial charge in [0.05, 0.1) is 17.3 Å². The van der Waals surface area contributed by atoms with Gasteiger partial charge < -0.3 is 11.1 Å². The summed E-state index contributed by atoms with van der Waals surface area (Å²) in [4.78, 5) is 13.7. The molecule has 5 heteroatoms. The molecule has 0 spiro atoms. The highest BCUT2D eigenvalue weighted by Crippen LogP contribution is 2.23. The van der Waals surface area contributed by atoms with E-state index >= 15 is 0 Å². The van der Waals surface area contributed by atoms with Gasteiger partial charge in [-0.2, -0.15) is 0 Å². The van der Waals surface area contributed by atoms with Gasteiger partial charge in [-0.05, 0) is 39.1 Å². The van der Waals surface area contributed by atoms with Gasteiger partial charge in [0.15, 0.2) is 0 Å². The second kappa shape index (κ2) is 5.89. The third kappa shape index (κ3) is 4.24. The Morgan fingerprint density at radius 3 is 2.71 bits per heavy atom. The van der Waals surface area contributed by atoms with Crippen LogP contribution in [0.25, 0.3) is 0 Å². The molecule has 1 rings (SSSR count). The maximum absolute atomic E-state index is 11.7. The molecule has 1 aromatic rings. The molecule has 4 nitrogen and oxygen atoms in total. The molecule has 0 bridgehead atoms. The first-order valence-corrected chi connectivity index (χ1v) is 5.83. The zero-order valence-corrected chi connectivity index (χ0v) is 11.1. The third-order valence-electron chi connectivity index (χ3n) is 2.54. The van der Waals surface area contributed by atoms with E-state index in [0.717, 1.165) is 0 Å². The van der Waals surface area contributed by atoms with Crippen molar-refractivity contribution < 1.29 is 4.79 Å². The number of halogens is 1. The predicted molar refractivity (Wildman–Crippen MR) is 72.3 cm³/mol. The van der Waals surface area contributed by atoms with E-state index in [2.05, 4.69) is 5.32 Å². The van der Waals surface area contributed by atoms with E-state index in [1.807, 2.05) is 25.8 Å². The molecule has 17 heavy (non-hydrogen) atoms. The quantitative estimate of drug-likeness (QED) is 0.811. The van der Waals surface area contributed by atoms with Gasteiger partial charge in [-0.3, -0.25) is 9.69 Å². The van der Waals surface area contributed by atoms with Crippen molar-refractivity contribution in [2.24, 2.45) is 0 Å². The Morgan fingerprint density at radius 1 is 1.53 bits per heavy atom. The summed E-state index contributed by atoms with van der Waals surface area (Å²) >= 11 is 5.96. The number of anilines is 2. The molecule has 0 saturated heterocycles. The summed E-state index contributed by atoms with van der Waals surface area (Å²) in [6, 6.07) is 5.34. The Kier molecular flexibility index (Phi) is 4.78. The molecule has 0 aromatic heterocycles. The average molecular weight is 256 g/mol. The Hall–Kier alpha value is -1.26. The summed E-state index contributed by atoms with van der Waals surface area (Å²) in [7, 11) is 1.90. The van der Waals surface area contributed by atoms with E-state index in [1.54, 1.807) is 18.2 Å². The Morgan fingerprint density at radius 2 is 2.18 bits per heavy atom. The fourth-order valence-electron chi connectivity index (χ4n) is 1.23. The lowest BCUT2D eigenvalue weighted by molar-refractivity contribution is -0.117. The van der Waals surface area contributed by atoms with Crippen molar-refractivity contribution in [3.8, 4) is 0 Å². The van der Waals surface area contributed by atoms with Crippen LogP contribution in [-0.2, 0) is 4.79 Å². The molecule has 0 atom stereocenters. The number of carbonyl (C=O) groups excluding carboxylic acids is 1. The van der Waals surface area contributed by atoms with Crippen molar-refractivity contribution in [3.63, 3.8) is 0 Å². The first-order chi connectivity index (χ1) is 7.90. The first kappa shape index (κ1) is 13.8. The van der Waals surface area contributed by atoms with Crippen LogP contribution >= 0.6 is 11.6 Å². The van der Waals surface area contributed by atoms with Crippen LogP contribution < -0.4 is 11.1 Å². The number of nitrogens with zero attached hydrogens (tertiary/aromatic N) is 1. The van der Waals surface area contributed by atoms with Crippen molar-refractivity contribution in [1.29, 1.82) is 0 Å². The van der Waals surface area contributed by atoms with E-state index in [1.165, 1.54) is 0 Å². The number of hydrogen-bond acceptors (Lipinski definition) is 3. The lowest BCUT2D eigenvalue weighted by Gasteiger charge is -2.20. The van der Waals surface area contributed by atoms with Gasteiger partial charge in [-0.25, -0.2) is 0 Å². The van der Waals surface area contributed by atoms with E-state index in [9.17, 15) is 4.79 Å². The summed E-state index contributed by atoms with van der Waals surface area (Å²) in [5, 5.41) is 3.20. The van der Waals surface area contributed by atoms with Crippen LogP contribution in [0.4, 0.5) is 11.4 Å². The minimum absolute atomic E-state index is 0.0899. The minimum atomic E-state index is -0.0899. The number of nitrogens with two attached hydrogens (primary N) is 1. The van der Waals surface area contributed by atoms with Gasteiger partial charge >= 0.3 is 0 Å². The number of likely N-dealkylation sites (N-methyl/N-ethyl adjacent to an activating group) is 1. The van der Waals surface area contributed by atoms with Crippen LogP contribution in [0.15, 0.2) is 18.2 Å². The number of nitrogens with one attached hydrogen (secondary N) is 1. The topological polar surface area (TPSA) is 58.4 Å². The molecular weight excluding hydrogens is 238 g/mol. The van der Waals surface area contributed by atoms with E-state index < -0.39 is 0 Å². The molecule has 0 unspecified atom stereocenters. The van der Waals surface area contributed by atoms with Gasteiger partial charge in [0.25, 0.3) is 0 Å². The van der Waals surface area contributed by atoms with Gasteiger partial charge in [0.2, 0.25) is 5.91 Å². The molecular formula is C12H18ClN3O. The van der Waals surface area contributed by atoms with Crippen molar-refractivity contribution in [2.75, 3.05) is 24.6 Å². The van der Waals surface area contributed by atoms with Gasteiger partial charge in [0, 0.05) is 11.7 Å². The molecule has 1 aromatic carbocycles. The Labute approximate surface area is 107 Å². The lowest BCUT2D eigenvalue weighted by Crippen LogP contribution is -2.34. The summed E-state index contributed by atoms with van der Waals surface area (Å²) in [6.07, 6.45) is 0. The molecule has 3 N–H and O–H groups in total. The lowest BCUT2D eigenvalue weighted by atomic mass is 10.2. The molecule has 0 radical (unpaired) electrons. The average Bonchev–Trinajstić information content (AvgIpc) is 2.22. The molecule has 0 aliphatic rings. The largest absolute Gasteiger partial charge is 0.399 e. The number of hydrogen-bond donors (Lipinski definition) is 2. The maximum atomic E-state index is 11.7. The van der Waals surface area contributed by atoms with Crippen LogP contribution in [0.3, 0.4) is 0 Å². The number of nitrogen functional groups attached to an aromatic ring is 1. The van der Waals surface area contributed by atoms with Crippen molar-refractivity contribution in [2.45, 2.75) is 19.9 Å². The second-order valence-corrected chi connectivity index (χ2v) is 4.70. The molecule has 0 heterocycles. The zero-order valence-electron chi connectivity index (χ0n) is 10.3. The fourth-order valence-corrected chi connectivity index (χ4v) is 1.47.